The normalized spacial score (nSPS) is 11.2. The number of rotatable bonds is 4. The summed E-state index contributed by atoms with van der Waals surface area (Å²) in [5.74, 6) is -0.288. The quantitative estimate of drug-likeness (QED) is 0.888. The third kappa shape index (κ3) is 3.41. The summed E-state index contributed by atoms with van der Waals surface area (Å²) >= 11 is 0. The van der Waals surface area contributed by atoms with Crippen LogP contribution in [0.15, 0.2) is 39.8 Å². The van der Waals surface area contributed by atoms with E-state index >= 15 is 0 Å². The number of primary sulfonamides is 1. The molecule has 1 aromatic heterocycles. The van der Waals surface area contributed by atoms with Crippen LogP contribution in [-0.4, -0.2) is 21.4 Å². The minimum atomic E-state index is -3.98. The van der Waals surface area contributed by atoms with Crippen molar-refractivity contribution >= 4 is 21.6 Å². The maximum absolute atomic E-state index is 12.0. The van der Waals surface area contributed by atoms with Gasteiger partial charge in [-0.15, -0.1) is 0 Å². The van der Waals surface area contributed by atoms with E-state index in [0.29, 0.717) is 11.4 Å². The highest BCUT2D eigenvalue weighted by Gasteiger charge is 2.18. The molecule has 0 bridgehead atoms. The Kier molecular flexibility index (Phi) is 4.01. The maximum atomic E-state index is 12.0. The van der Waals surface area contributed by atoms with E-state index in [4.69, 9.17) is 14.3 Å². The highest BCUT2D eigenvalue weighted by molar-refractivity contribution is 7.89. The topological polar surface area (TPSA) is 112 Å². The summed E-state index contributed by atoms with van der Waals surface area (Å²) in [6, 6.07) is 7.62. The molecule has 0 fully saturated rings. The minimum Gasteiger partial charge on any atom is -0.495 e. The van der Waals surface area contributed by atoms with Crippen LogP contribution in [0.4, 0.5) is 5.69 Å². The van der Waals surface area contributed by atoms with E-state index in [0.717, 1.165) is 11.6 Å². The largest absolute Gasteiger partial charge is 0.495 e. The molecule has 1 amide bonds. The van der Waals surface area contributed by atoms with Gasteiger partial charge in [-0.1, -0.05) is 6.07 Å². The predicted molar refractivity (Wildman–Crippen MR) is 75.8 cm³/mol. The highest BCUT2D eigenvalue weighted by atomic mass is 32.2. The number of hydrogen-bond donors (Lipinski definition) is 2. The molecule has 0 spiro atoms. The van der Waals surface area contributed by atoms with Crippen molar-refractivity contribution in [2.24, 2.45) is 5.14 Å². The van der Waals surface area contributed by atoms with Gasteiger partial charge in [-0.3, -0.25) is 4.79 Å². The molecule has 0 aliphatic heterocycles. The lowest BCUT2D eigenvalue weighted by molar-refractivity contribution is 0.0991. The molecular formula is C13H14N2O5S. The van der Waals surface area contributed by atoms with Crippen LogP contribution >= 0.6 is 0 Å². The lowest BCUT2D eigenvalue weighted by atomic mass is 10.2. The zero-order chi connectivity index (χ0) is 15.6. The van der Waals surface area contributed by atoms with Gasteiger partial charge in [-0.2, -0.15) is 0 Å². The first-order chi connectivity index (χ1) is 9.81. The molecule has 0 saturated carbocycles. The number of methoxy groups -OCH3 is 1. The van der Waals surface area contributed by atoms with Crippen LogP contribution in [-0.2, 0) is 10.0 Å². The van der Waals surface area contributed by atoms with E-state index in [-0.39, 0.29) is 5.76 Å². The van der Waals surface area contributed by atoms with Crippen LogP contribution in [0.1, 0.15) is 16.1 Å². The molecule has 1 aromatic carbocycles. The Balaban J connectivity index is 2.26. The standard InChI is InChI=1S/C13H14N2O5S/c1-8-3-4-10(19-2)9(7-8)15-13(16)11-5-6-12(20-11)21(14,17)18/h3-7H,1-2H3,(H,15,16)(H2,14,17,18). The lowest BCUT2D eigenvalue weighted by Crippen LogP contribution is -2.13. The van der Waals surface area contributed by atoms with Crippen LogP contribution in [0.5, 0.6) is 5.75 Å². The molecule has 7 nitrogen and oxygen atoms in total. The van der Waals surface area contributed by atoms with Gasteiger partial charge in [-0.05, 0) is 36.8 Å². The van der Waals surface area contributed by atoms with Gasteiger partial charge in [-0.25, -0.2) is 13.6 Å². The van der Waals surface area contributed by atoms with Gasteiger partial charge in [0.2, 0.25) is 5.09 Å². The number of hydrogen-bond acceptors (Lipinski definition) is 5. The van der Waals surface area contributed by atoms with Gasteiger partial charge < -0.3 is 14.5 Å². The monoisotopic (exact) mass is 310 g/mol. The summed E-state index contributed by atoms with van der Waals surface area (Å²) < 4.78 is 32.3. The molecule has 0 radical (unpaired) electrons. The Morgan fingerprint density at radius 1 is 1.29 bits per heavy atom. The van der Waals surface area contributed by atoms with Crippen molar-refractivity contribution in [3.05, 3.63) is 41.7 Å². The van der Waals surface area contributed by atoms with Gasteiger partial charge in [0.25, 0.3) is 15.9 Å². The van der Waals surface area contributed by atoms with E-state index in [1.54, 1.807) is 12.1 Å². The number of ether oxygens (including phenoxy) is 1. The second-order valence-electron chi connectivity index (χ2n) is 4.32. The van der Waals surface area contributed by atoms with Crippen molar-refractivity contribution in [3.8, 4) is 5.75 Å². The molecule has 0 aliphatic rings. The molecule has 1 heterocycles. The second-order valence-corrected chi connectivity index (χ2v) is 5.81. The van der Waals surface area contributed by atoms with Crippen LogP contribution in [0.3, 0.4) is 0 Å². The van der Waals surface area contributed by atoms with Crippen molar-refractivity contribution in [2.45, 2.75) is 12.0 Å². The zero-order valence-corrected chi connectivity index (χ0v) is 12.2. The number of nitrogens with one attached hydrogen (secondary N) is 1. The van der Waals surface area contributed by atoms with Crippen LogP contribution in [0, 0.1) is 6.92 Å². The van der Waals surface area contributed by atoms with Crippen molar-refractivity contribution in [3.63, 3.8) is 0 Å². The van der Waals surface area contributed by atoms with Crippen molar-refractivity contribution in [2.75, 3.05) is 12.4 Å². The summed E-state index contributed by atoms with van der Waals surface area (Å²) in [7, 11) is -2.50. The average Bonchev–Trinajstić information content (AvgIpc) is 2.88. The third-order valence-electron chi connectivity index (χ3n) is 2.69. The average molecular weight is 310 g/mol. The van der Waals surface area contributed by atoms with Gasteiger partial charge in [0.05, 0.1) is 12.8 Å². The number of nitrogens with two attached hydrogens (primary N) is 1. The summed E-state index contributed by atoms with van der Waals surface area (Å²) in [4.78, 5) is 12.0. The summed E-state index contributed by atoms with van der Waals surface area (Å²) in [5, 5.41) is 7.04. The first-order valence-electron chi connectivity index (χ1n) is 5.90. The minimum absolute atomic E-state index is 0.164. The summed E-state index contributed by atoms with van der Waals surface area (Å²) in [6.07, 6.45) is 0. The molecule has 112 valence electrons. The lowest BCUT2D eigenvalue weighted by Gasteiger charge is -2.09. The van der Waals surface area contributed by atoms with Crippen molar-refractivity contribution < 1.29 is 22.4 Å². The van der Waals surface area contributed by atoms with Crippen LogP contribution < -0.4 is 15.2 Å². The Bertz CT molecular complexity index is 780. The molecule has 21 heavy (non-hydrogen) atoms. The maximum Gasteiger partial charge on any atom is 0.291 e. The number of carbonyl (C=O) groups excluding carboxylic acids is 1. The Labute approximate surface area is 121 Å². The molecular weight excluding hydrogens is 296 g/mol. The van der Waals surface area contributed by atoms with E-state index in [2.05, 4.69) is 5.32 Å². The molecule has 0 unspecified atom stereocenters. The van der Waals surface area contributed by atoms with E-state index in [9.17, 15) is 13.2 Å². The number of anilines is 1. The van der Waals surface area contributed by atoms with E-state index < -0.39 is 21.0 Å². The predicted octanol–water partition coefficient (Wildman–Crippen LogP) is 1.50. The number of aryl methyl sites for hydroxylation is 1. The number of furan rings is 1. The summed E-state index contributed by atoms with van der Waals surface area (Å²) in [5.41, 5.74) is 1.38. The van der Waals surface area contributed by atoms with Crippen LogP contribution in [0.25, 0.3) is 0 Å². The molecule has 8 heteroatoms. The number of sulfonamides is 1. The van der Waals surface area contributed by atoms with Gasteiger partial charge in [0, 0.05) is 0 Å². The van der Waals surface area contributed by atoms with Crippen molar-refractivity contribution in [1.29, 1.82) is 0 Å². The summed E-state index contributed by atoms with van der Waals surface area (Å²) in [6.45, 7) is 1.86. The van der Waals surface area contributed by atoms with E-state index in [1.165, 1.54) is 13.2 Å². The van der Waals surface area contributed by atoms with Gasteiger partial charge >= 0.3 is 0 Å². The second kappa shape index (κ2) is 5.58. The number of amides is 1. The van der Waals surface area contributed by atoms with Crippen LogP contribution in [0.2, 0.25) is 0 Å². The van der Waals surface area contributed by atoms with Crippen molar-refractivity contribution in [1.82, 2.24) is 0 Å². The third-order valence-corrected chi connectivity index (χ3v) is 3.47. The fraction of sp³-hybridized carbons (Fsp3) is 0.154. The van der Waals surface area contributed by atoms with E-state index in [1.807, 2.05) is 13.0 Å². The van der Waals surface area contributed by atoms with Gasteiger partial charge in [0.15, 0.2) is 5.76 Å². The molecule has 2 rings (SSSR count). The van der Waals surface area contributed by atoms with Gasteiger partial charge in [0.1, 0.15) is 5.75 Å². The molecule has 0 atom stereocenters. The zero-order valence-electron chi connectivity index (χ0n) is 11.4. The fourth-order valence-corrected chi connectivity index (χ4v) is 2.16. The first-order valence-corrected chi connectivity index (χ1v) is 7.44. The molecule has 0 saturated heterocycles. The highest BCUT2D eigenvalue weighted by Crippen LogP contribution is 2.26. The SMILES string of the molecule is COc1ccc(C)cc1NC(=O)c1ccc(S(N)(=O)=O)o1. The molecule has 2 aromatic rings. The smallest absolute Gasteiger partial charge is 0.291 e. The Morgan fingerprint density at radius 3 is 2.57 bits per heavy atom. The fourth-order valence-electron chi connectivity index (χ4n) is 1.70. The first kappa shape index (κ1) is 15.1. The molecule has 0 aliphatic carbocycles. The Morgan fingerprint density at radius 2 is 2.00 bits per heavy atom. The number of carbonyl (C=O) groups is 1. The number of benzene rings is 1. The Hall–Kier alpha value is -2.32. The molecule has 3 N–H and O–H groups in total.